The van der Waals surface area contributed by atoms with E-state index in [-0.39, 0.29) is 18.0 Å². The van der Waals surface area contributed by atoms with Gasteiger partial charge in [-0.15, -0.1) is 0 Å². The summed E-state index contributed by atoms with van der Waals surface area (Å²) in [6.07, 6.45) is 2.32. The molecular weight excluding hydrogens is 392 g/mol. The molecule has 0 radical (unpaired) electrons. The van der Waals surface area contributed by atoms with Crippen LogP contribution in [-0.4, -0.2) is 30.6 Å². The molecule has 2 N–H and O–H groups in total. The predicted molar refractivity (Wildman–Crippen MR) is 120 cm³/mol. The van der Waals surface area contributed by atoms with Gasteiger partial charge in [0.1, 0.15) is 5.75 Å². The molecule has 0 saturated heterocycles. The van der Waals surface area contributed by atoms with Gasteiger partial charge < -0.3 is 15.4 Å². The van der Waals surface area contributed by atoms with Gasteiger partial charge in [-0.1, -0.05) is 12.1 Å². The molecule has 0 unspecified atom stereocenters. The summed E-state index contributed by atoms with van der Waals surface area (Å²) in [4.78, 5) is 31.8. The van der Waals surface area contributed by atoms with Gasteiger partial charge in [-0.3, -0.25) is 14.7 Å². The number of rotatable bonds is 5. The lowest BCUT2D eigenvalue weighted by molar-refractivity contribution is 0.0938. The Morgan fingerprint density at radius 1 is 1.06 bits per heavy atom. The van der Waals surface area contributed by atoms with E-state index < -0.39 is 0 Å². The Kier molecular flexibility index (Phi) is 5.84. The highest BCUT2D eigenvalue weighted by atomic mass is 16.5. The first-order chi connectivity index (χ1) is 15.1. The van der Waals surface area contributed by atoms with Crippen LogP contribution in [0.1, 0.15) is 34.6 Å². The number of carbonyl (C=O) groups is 2. The van der Waals surface area contributed by atoms with E-state index in [0.29, 0.717) is 24.2 Å². The van der Waals surface area contributed by atoms with Crippen molar-refractivity contribution in [2.75, 3.05) is 23.9 Å². The zero-order valence-corrected chi connectivity index (χ0v) is 17.5. The minimum Gasteiger partial charge on any atom is -0.497 e. The average Bonchev–Trinajstić information content (AvgIpc) is 3.24. The van der Waals surface area contributed by atoms with Crippen LogP contribution in [-0.2, 0) is 6.42 Å². The van der Waals surface area contributed by atoms with Gasteiger partial charge in [0, 0.05) is 29.7 Å². The minimum absolute atomic E-state index is 0.174. The SMILES string of the molecule is COc1ccc(NC(=O)N2CCc3c(C(=O)N[C@H](C)c4ccccn4)cccc32)cc1. The number of urea groups is 1. The summed E-state index contributed by atoms with van der Waals surface area (Å²) in [5.41, 5.74) is 3.68. The molecule has 0 bridgehead atoms. The number of nitrogens with one attached hydrogen (secondary N) is 2. The van der Waals surface area contributed by atoms with Gasteiger partial charge in [-0.25, -0.2) is 4.79 Å². The van der Waals surface area contributed by atoms with Gasteiger partial charge >= 0.3 is 6.03 Å². The highest BCUT2D eigenvalue weighted by molar-refractivity contribution is 6.05. The fraction of sp³-hybridized carbons (Fsp3) is 0.208. The highest BCUT2D eigenvalue weighted by Crippen LogP contribution is 2.31. The number of benzene rings is 2. The van der Waals surface area contributed by atoms with E-state index in [2.05, 4.69) is 15.6 Å². The van der Waals surface area contributed by atoms with Crippen molar-refractivity contribution >= 4 is 23.3 Å². The second-order valence-electron chi connectivity index (χ2n) is 7.31. The van der Waals surface area contributed by atoms with Gasteiger partial charge in [-0.2, -0.15) is 0 Å². The highest BCUT2D eigenvalue weighted by Gasteiger charge is 2.28. The summed E-state index contributed by atoms with van der Waals surface area (Å²) in [6.45, 7) is 2.41. The molecule has 1 aliphatic heterocycles. The number of ether oxygens (including phenoxy) is 1. The lowest BCUT2D eigenvalue weighted by Gasteiger charge is -2.19. The largest absolute Gasteiger partial charge is 0.497 e. The molecule has 2 aromatic carbocycles. The first kappa shape index (κ1) is 20.4. The molecule has 3 amide bonds. The van der Waals surface area contributed by atoms with Gasteiger partial charge in [0.2, 0.25) is 0 Å². The fourth-order valence-electron chi connectivity index (χ4n) is 3.70. The number of anilines is 2. The Hall–Kier alpha value is -3.87. The molecule has 1 aliphatic rings. The summed E-state index contributed by atoms with van der Waals surface area (Å²) in [5.74, 6) is 0.549. The number of amides is 3. The van der Waals surface area contributed by atoms with Crippen LogP contribution in [0.25, 0.3) is 0 Å². The van der Waals surface area contributed by atoms with E-state index in [4.69, 9.17) is 4.74 Å². The van der Waals surface area contributed by atoms with Gasteiger partial charge in [0.05, 0.1) is 18.8 Å². The Labute approximate surface area is 181 Å². The van der Waals surface area contributed by atoms with Crippen molar-refractivity contribution in [3.63, 3.8) is 0 Å². The van der Waals surface area contributed by atoms with Crippen molar-refractivity contribution in [2.24, 2.45) is 0 Å². The minimum atomic E-state index is -0.233. The molecule has 7 heteroatoms. The van der Waals surface area contributed by atoms with E-state index in [1.165, 1.54) is 0 Å². The second kappa shape index (κ2) is 8.87. The van der Waals surface area contributed by atoms with Gasteiger partial charge in [-0.05, 0) is 67.4 Å². The van der Waals surface area contributed by atoms with E-state index in [1.54, 1.807) is 54.6 Å². The fourth-order valence-corrected chi connectivity index (χ4v) is 3.70. The summed E-state index contributed by atoms with van der Waals surface area (Å²) in [6, 6.07) is 17.8. The van der Waals surface area contributed by atoms with Gasteiger partial charge in [0.15, 0.2) is 0 Å². The molecule has 1 atom stereocenters. The number of aromatic nitrogens is 1. The number of carbonyl (C=O) groups excluding carboxylic acids is 2. The monoisotopic (exact) mass is 416 g/mol. The molecule has 0 fully saturated rings. The number of hydrogen-bond donors (Lipinski definition) is 2. The van der Waals surface area contributed by atoms with Crippen LogP contribution in [0.4, 0.5) is 16.2 Å². The van der Waals surface area contributed by atoms with Crippen LogP contribution < -0.4 is 20.3 Å². The maximum Gasteiger partial charge on any atom is 0.326 e. The standard InChI is InChI=1S/C24H24N4O3/c1-16(21-7-3-4-14-25-21)26-23(29)20-6-5-8-22-19(20)13-15-28(22)24(30)27-17-9-11-18(31-2)12-10-17/h3-12,14,16H,13,15H2,1-2H3,(H,26,29)(H,27,30)/t16-/m1/s1. The van der Waals surface area contributed by atoms with Crippen LogP contribution in [0, 0.1) is 0 Å². The third-order valence-corrected chi connectivity index (χ3v) is 5.34. The van der Waals surface area contributed by atoms with Crippen LogP contribution in [0.2, 0.25) is 0 Å². The van der Waals surface area contributed by atoms with E-state index in [0.717, 1.165) is 22.7 Å². The van der Waals surface area contributed by atoms with Crippen molar-refractivity contribution in [1.29, 1.82) is 0 Å². The summed E-state index contributed by atoms with van der Waals surface area (Å²) in [5, 5.41) is 5.91. The molecule has 0 spiro atoms. The zero-order valence-electron chi connectivity index (χ0n) is 17.5. The normalized spacial score (nSPS) is 13.3. The van der Waals surface area contributed by atoms with Crippen LogP contribution >= 0.6 is 0 Å². The number of fused-ring (bicyclic) bond motifs is 1. The summed E-state index contributed by atoms with van der Waals surface area (Å²) >= 11 is 0. The quantitative estimate of drug-likeness (QED) is 0.654. The molecule has 0 saturated carbocycles. The van der Waals surface area contributed by atoms with Crippen LogP contribution in [0.15, 0.2) is 66.9 Å². The average molecular weight is 416 g/mol. The number of hydrogen-bond acceptors (Lipinski definition) is 4. The maximum atomic E-state index is 12.9. The Balaban J connectivity index is 1.49. The summed E-state index contributed by atoms with van der Waals surface area (Å²) < 4.78 is 5.15. The first-order valence-corrected chi connectivity index (χ1v) is 10.1. The van der Waals surface area contributed by atoms with Crippen molar-refractivity contribution in [3.05, 3.63) is 83.7 Å². The smallest absolute Gasteiger partial charge is 0.326 e. The topological polar surface area (TPSA) is 83.6 Å². The van der Waals surface area contributed by atoms with Crippen molar-refractivity contribution in [1.82, 2.24) is 10.3 Å². The third kappa shape index (κ3) is 4.35. The van der Waals surface area contributed by atoms with Crippen molar-refractivity contribution in [3.8, 4) is 5.75 Å². The maximum absolute atomic E-state index is 12.9. The van der Waals surface area contributed by atoms with Crippen LogP contribution in [0.3, 0.4) is 0 Å². The second-order valence-corrected chi connectivity index (χ2v) is 7.31. The molecular formula is C24H24N4O3. The van der Waals surface area contributed by atoms with Gasteiger partial charge in [0.25, 0.3) is 5.91 Å². The predicted octanol–water partition coefficient (Wildman–Crippen LogP) is 4.18. The van der Waals surface area contributed by atoms with Crippen molar-refractivity contribution in [2.45, 2.75) is 19.4 Å². The number of methoxy groups -OCH3 is 1. The van der Waals surface area contributed by atoms with E-state index >= 15 is 0 Å². The van der Waals surface area contributed by atoms with Crippen molar-refractivity contribution < 1.29 is 14.3 Å². The molecule has 0 aliphatic carbocycles. The third-order valence-electron chi connectivity index (χ3n) is 5.34. The molecule has 1 aromatic heterocycles. The van der Waals surface area contributed by atoms with E-state index in [9.17, 15) is 9.59 Å². The number of nitrogens with zero attached hydrogens (tertiary/aromatic N) is 2. The molecule has 2 heterocycles. The summed E-state index contributed by atoms with van der Waals surface area (Å²) in [7, 11) is 1.60. The first-order valence-electron chi connectivity index (χ1n) is 10.1. The Bertz CT molecular complexity index is 1080. The van der Waals surface area contributed by atoms with E-state index in [1.807, 2.05) is 31.2 Å². The zero-order chi connectivity index (χ0) is 21.8. The Morgan fingerprint density at radius 2 is 1.87 bits per heavy atom. The Morgan fingerprint density at radius 3 is 2.58 bits per heavy atom. The molecule has 4 rings (SSSR count). The number of pyridine rings is 1. The molecule has 158 valence electrons. The lowest BCUT2D eigenvalue weighted by Crippen LogP contribution is -2.33. The molecule has 7 nitrogen and oxygen atoms in total. The molecule has 3 aromatic rings. The van der Waals surface area contributed by atoms with Crippen LogP contribution in [0.5, 0.6) is 5.75 Å². The lowest BCUT2D eigenvalue weighted by atomic mass is 10.0. The molecule has 31 heavy (non-hydrogen) atoms.